The van der Waals surface area contributed by atoms with Crippen LogP contribution in [0.2, 0.25) is 0 Å². The van der Waals surface area contributed by atoms with E-state index in [-0.39, 0.29) is 18.2 Å². The average molecular weight is 319 g/mol. The van der Waals surface area contributed by atoms with Gasteiger partial charge in [0.1, 0.15) is 17.5 Å². The smallest absolute Gasteiger partial charge is 0.236 e. The molecule has 1 aliphatic rings. The molecule has 1 aromatic heterocycles. The highest BCUT2D eigenvalue weighted by Gasteiger charge is 2.22. The second kappa shape index (κ2) is 5.99. The third kappa shape index (κ3) is 3.40. The second-order valence-corrected chi connectivity index (χ2v) is 7.31. The van der Waals surface area contributed by atoms with Crippen molar-refractivity contribution in [1.29, 1.82) is 5.26 Å². The van der Waals surface area contributed by atoms with Gasteiger partial charge in [0, 0.05) is 17.5 Å². The third-order valence-corrected chi connectivity index (χ3v) is 4.84. The number of hydrogen-bond donors (Lipinski definition) is 2. The van der Waals surface area contributed by atoms with Crippen molar-refractivity contribution in [3.05, 3.63) is 29.8 Å². The Bertz CT molecular complexity index is 816. The molecule has 1 aromatic carbocycles. The van der Waals surface area contributed by atoms with E-state index in [9.17, 15) is 13.7 Å². The molecule has 6 nitrogen and oxygen atoms in total. The monoisotopic (exact) mass is 319 g/mol. The van der Waals surface area contributed by atoms with Gasteiger partial charge in [0.05, 0.1) is 12.4 Å². The lowest BCUT2D eigenvalue weighted by molar-refractivity contribution is 0.138. The Balaban J connectivity index is 1.69. The number of nitrogens with one attached hydrogen (secondary N) is 2. The number of H-pyrrole nitrogens is 1. The van der Waals surface area contributed by atoms with Crippen LogP contribution in [0.5, 0.6) is 0 Å². The van der Waals surface area contributed by atoms with E-state index in [0.717, 1.165) is 5.52 Å². The summed E-state index contributed by atoms with van der Waals surface area (Å²) in [6.45, 7) is 0.791. The van der Waals surface area contributed by atoms with Crippen molar-refractivity contribution in [2.45, 2.75) is 12.8 Å². The summed E-state index contributed by atoms with van der Waals surface area (Å²) in [5.41, 5.74) is 1.03. The largest absolute Gasteiger partial charge is 0.380 e. The van der Waals surface area contributed by atoms with Crippen molar-refractivity contribution in [2.75, 3.05) is 23.7 Å². The fourth-order valence-electron chi connectivity index (χ4n) is 2.24. The van der Waals surface area contributed by atoms with Gasteiger partial charge in [0.25, 0.3) is 0 Å². The van der Waals surface area contributed by atoms with Gasteiger partial charge in [-0.05, 0) is 24.8 Å². The molecule has 0 spiro atoms. The van der Waals surface area contributed by atoms with Crippen LogP contribution in [0.4, 0.5) is 5.82 Å². The summed E-state index contributed by atoms with van der Waals surface area (Å²) >= 11 is 0. The topological polar surface area (TPSA) is 95.0 Å². The Morgan fingerprint density at radius 3 is 2.86 bits per heavy atom. The quantitative estimate of drug-likeness (QED) is 0.765. The highest BCUT2D eigenvalue weighted by Crippen LogP contribution is 2.29. The molecule has 116 valence electrons. The number of hydrogen-bond acceptors (Lipinski definition) is 4. The van der Waals surface area contributed by atoms with Gasteiger partial charge in [-0.3, -0.25) is 4.72 Å². The van der Waals surface area contributed by atoms with Crippen LogP contribution in [-0.2, 0) is 14.8 Å². The Kier molecular flexibility index (Phi) is 4.05. The van der Waals surface area contributed by atoms with E-state index >= 15 is 0 Å². The fourth-order valence-corrected chi connectivity index (χ4v) is 3.15. The van der Waals surface area contributed by atoms with Crippen LogP contribution in [0.1, 0.15) is 18.4 Å². The molecule has 0 bridgehead atoms. The van der Waals surface area contributed by atoms with Gasteiger partial charge in [-0.2, -0.15) is 5.26 Å². The first-order chi connectivity index (χ1) is 10.6. The molecule has 0 saturated heterocycles. The average Bonchev–Trinajstić information content (AvgIpc) is 3.24. The first kappa shape index (κ1) is 14.9. The molecule has 1 heterocycles. The first-order valence-electron chi connectivity index (χ1n) is 7.18. The van der Waals surface area contributed by atoms with Gasteiger partial charge in [-0.25, -0.2) is 8.42 Å². The van der Waals surface area contributed by atoms with Gasteiger partial charge in [0.2, 0.25) is 10.0 Å². The molecule has 22 heavy (non-hydrogen) atoms. The summed E-state index contributed by atoms with van der Waals surface area (Å²) in [6, 6.07) is 9.25. The molecular weight excluding hydrogens is 302 g/mol. The molecule has 1 saturated carbocycles. The Morgan fingerprint density at radius 2 is 2.14 bits per heavy atom. The van der Waals surface area contributed by atoms with Crippen molar-refractivity contribution in [2.24, 2.45) is 5.92 Å². The van der Waals surface area contributed by atoms with E-state index in [0.29, 0.717) is 23.5 Å². The zero-order chi connectivity index (χ0) is 15.6. The van der Waals surface area contributed by atoms with Crippen molar-refractivity contribution < 1.29 is 13.2 Å². The zero-order valence-electron chi connectivity index (χ0n) is 12.0. The Hall–Kier alpha value is -2.04. The number of sulfonamides is 1. The molecule has 0 radical (unpaired) electrons. The number of aromatic amines is 1. The molecule has 0 aliphatic heterocycles. The number of anilines is 1. The molecule has 0 unspecified atom stereocenters. The van der Waals surface area contributed by atoms with Crippen molar-refractivity contribution in [3.63, 3.8) is 0 Å². The fraction of sp³-hybridized carbons (Fsp3) is 0.400. The first-order valence-corrected chi connectivity index (χ1v) is 8.83. The van der Waals surface area contributed by atoms with Crippen LogP contribution in [0.15, 0.2) is 24.3 Å². The molecule has 0 amide bonds. The molecule has 2 aromatic rings. The van der Waals surface area contributed by atoms with Gasteiger partial charge in [-0.15, -0.1) is 0 Å². The number of rotatable bonds is 7. The summed E-state index contributed by atoms with van der Waals surface area (Å²) in [5, 5.41) is 9.96. The number of nitriles is 1. The van der Waals surface area contributed by atoms with Gasteiger partial charge >= 0.3 is 0 Å². The number of para-hydroxylation sites is 1. The van der Waals surface area contributed by atoms with E-state index in [1.165, 1.54) is 12.8 Å². The van der Waals surface area contributed by atoms with E-state index in [1.54, 1.807) is 18.2 Å². The summed E-state index contributed by atoms with van der Waals surface area (Å²) in [7, 11) is -3.55. The lowest BCUT2D eigenvalue weighted by atomic mass is 10.2. The molecule has 7 heteroatoms. The lowest BCUT2D eigenvalue weighted by Gasteiger charge is -2.07. The second-order valence-electron chi connectivity index (χ2n) is 5.47. The van der Waals surface area contributed by atoms with Crippen LogP contribution >= 0.6 is 0 Å². The van der Waals surface area contributed by atoms with Crippen molar-refractivity contribution >= 4 is 26.7 Å². The molecule has 1 aliphatic carbocycles. The van der Waals surface area contributed by atoms with Crippen molar-refractivity contribution in [3.8, 4) is 6.07 Å². The molecule has 1 fully saturated rings. The maximum Gasteiger partial charge on any atom is 0.236 e. The van der Waals surface area contributed by atoms with Crippen molar-refractivity contribution in [1.82, 2.24) is 4.98 Å². The summed E-state index contributed by atoms with van der Waals surface area (Å²) in [5.74, 6) is 0.695. The maximum absolute atomic E-state index is 12.1. The standard InChI is InChI=1S/C15H17N3O3S/c16-9-13-12-3-1-2-4-14(12)17-15(13)18-22(19,20)8-7-21-10-11-5-6-11/h1-4,11,17-18H,5-8,10H2. The minimum absolute atomic E-state index is 0.125. The molecule has 3 rings (SSSR count). The predicted octanol–water partition coefficient (Wildman–Crippen LogP) is 2.21. The van der Waals surface area contributed by atoms with Gasteiger partial charge in [-0.1, -0.05) is 18.2 Å². The number of nitrogens with zero attached hydrogens (tertiary/aromatic N) is 1. The van der Waals surface area contributed by atoms with Gasteiger partial charge in [0.15, 0.2) is 0 Å². The number of benzene rings is 1. The highest BCUT2D eigenvalue weighted by atomic mass is 32.2. The third-order valence-electron chi connectivity index (χ3n) is 3.62. The zero-order valence-corrected chi connectivity index (χ0v) is 12.8. The lowest BCUT2D eigenvalue weighted by Crippen LogP contribution is -2.21. The molecule has 0 atom stereocenters. The van der Waals surface area contributed by atoms with Crippen LogP contribution in [0.25, 0.3) is 10.9 Å². The van der Waals surface area contributed by atoms with Crippen LogP contribution in [0, 0.1) is 17.2 Å². The Labute approximate surface area is 129 Å². The van der Waals surface area contributed by atoms with E-state index in [1.807, 2.05) is 12.1 Å². The van der Waals surface area contributed by atoms with Crippen LogP contribution in [-0.4, -0.2) is 32.4 Å². The van der Waals surface area contributed by atoms with E-state index < -0.39 is 10.0 Å². The summed E-state index contributed by atoms with van der Waals surface area (Å²) < 4.78 is 32.0. The molecular formula is C15H17N3O3S. The minimum Gasteiger partial charge on any atom is -0.380 e. The number of ether oxygens (including phenoxy) is 1. The highest BCUT2D eigenvalue weighted by molar-refractivity contribution is 7.92. The Morgan fingerprint density at radius 1 is 1.36 bits per heavy atom. The van der Waals surface area contributed by atoms with Crippen LogP contribution < -0.4 is 4.72 Å². The predicted molar refractivity (Wildman–Crippen MR) is 84.0 cm³/mol. The van der Waals surface area contributed by atoms with Crippen LogP contribution in [0.3, 0.4) is 0 Å². The SMILES string of the molecule is N#Cc1c(NS(=O)(=O)CCOCC2CC2)[nH]c2ccccc12. The summed E-state index contributed by atoms with van der Waals surface area (Å²) in [4.78, 5) is 2.94. The normalized spacial score (nSPS) is 14.9. The molecule has 2 N–H and O–H groups in total. The number of aromatic nitrogens is 1. The van der Waals surface area contributed by atoms with E-state index in [2.05, 4.69) is 9.71 Å². The minimum atomic E-state index is -3.55. The van der Waals surface area contributed by atoms with E-state index in [4.69, 9.17) is 4.74 Å². The summed E-state index contributed by atoms with van der Waals surface area (Å²) in [6.07, 6.45) is 2.34. The maximum atomic E-state index is 12.1. The number of fused-ring (bicyclic) bond motifs is 1. The van der Waals surface area contributed by atoms with Gasteiger partial charge < -0.3 is 9.72 Å².